The maximum absolute atomic E-state index is 12.4. The SMILES string of the molecule is NS(=O)(=O)c1ccccc1-c1ccc2[nH]c(/C=C/c3cccc(OC(F)(F)F)c3)nc2c1. The Morgan fingerprint density at radius 3 is 2.50 bits per heavy atom. The second-order valence-electron chi connectivity index (χ2n) is 6.85. The molecule has 0 aliphatic carbocycles. The maximum atomic E-state index is 12.4. The number of ether oxygens (including phenoxy) is 1. The molecule has 10 heteroatoms. The lowest BCUT2D eigenvalue weighted by Gasteiger charge is -2.08. The fourth-order valence-electron chi connectivity index (χ4n) is 3.22. The van der Waals surface area contributed by atoms with Crippen LogP contribution in [-0.2, 0) is 10.0 Å². The van der Waals surface area contributed by atoms with Crippen LogP contribution in [0.5, 0.6) is 5.75 Å². The second-order valence-corrected chi connectivity index (χ2v) is 8.38. The molecular weight excluding hydrogens is 443 g/mol. The molecule has 1 heterocycles. The summed E-state index contributed by atoms with van der Waals surface area (Å²) in [5.41, 5.74) is 2.87. The first-order valence-corrected chi connectivity index (χ1v) is 10.8. The maximum Gasteiger partial charge on any atom is 0.573 e. The highest BCUT2D eigenvalue weighted by Gasteiger charge is 2.31. The Balaban J connectivity index is 1.63. The van der Waals surface area contributed by atoms with Gasteiger partial charge < -0.3 is 9.72 Å². The van der Waals surface area contributed by atoms with Gasteiger partial charge in [0.2, 0.25) is 10.0 Å². The van der Waals surface area contributed by atoms with E-state index in [4.69, 9.17) is 5.14 Å². The van der Waals surface area contributed by atoms with Gasteiger partial charge in [0.1, 0.15) is 11.6 Å². The van der Waals surface area contributed by atoms with Crippen LogP contribution in [0.15, 0.2) is 71.6 Å². The molecule has 32 heavy (non-hydrogen) atoms. The lowest BCUT2D eigenvalue weighted by Crippen LogP contribution is -2.17. The van der Waals surface area contributed by atoms with Crippen molar-refractivity contribution in [2.24, 2.45) is 5.14 Å². The molecule has 3 N–H and O–H groups in total. The monoisotopic (exact) mass is 459 g/mol. The minimum atomic E-state index is -4.76. The van der Waals surface area contributed by atoms with Crippen molar-refractivity contribution in [2.45, 2.75) is 11.3 Å². The highest BCUT2D eigenvalue weighted by atomic mass is 32.2. The van der Waals surface area contributed by atoms with Crippen molar-refractivity contribution in [1.29, 1.82) is 0 Å². The number of nitrogens with one attached hydrogen (secondary N) is 1. The van der Waals surface area contributed by atoms with Crippen LogP contribution in [0, 0.1) is 0 Å². The molecule has 164 valence electrons. The summed E-state index contributed by atoms with van der Waals surface area (Å²) in [4.78, 5) is 7.55. The Morgan fingerprint density at radius 1 is 0.969 bits per heavy atom. The number of halogens is 3. The minimum absolute atomic E-state index is 0.0102. The molecule has 0 unspecified atom stereocenters. The normalized spacial score (nSPS) is 12.5. The zero-order valence-electron chi connectivity index (χ0n) is 16.3. The average Bonchev–Trinajstić information content (AvgIpc) is 3.13. The molecule has 1 aromatic heterocycles. The first-order chi connectivity index (χ1) is 15.1. The van der Waals surface area contributed by atoms with Gasteiger partial charge in [-0.25, -0.2) is 18.5 Å². The van der Waals surface area contributed by atoms with Gasteiger partial charge in [-0.05, 0) is 47.5 Å². The van der Waals surface area contributed by atoms with Crippen molar-refractivity contribution in [2.75, 3.05) is 0 Å². The molecule has 0 fully saturated rings. The van der Waals surface area contributed by atoms with Crippen LogP contribution in [0.25, 0.3) is 34.3 Å². The zero-order valence-corrected chi connectivity index (χ0v) is 17.1. The largest absolute Gasteiger partial charge is 0.573 e. The predicted molar refractivity (Wildman–Crippen MR) is 115 cm³/mol. The fraction of sp³-hybridized carbons (Fsp3) is 0.0455. The molecule has 0 spiro atoms. The van der Waals surface area contributed by atoms with Crippen molar-refractivity contribution >= 4 is 33.2 Å². The molecular formula is C22H16F3N3O3S. The van der Waals surface area contributed by atoms with Crippen LogP contribution in [0.1, 0.15) is 11.4 Å². The van der Waals surface area contributed by atoms with Gasteiger partial charge >= 0.3 is 6.36 Å². The third-order valence-electron chi connectivity index (χ3n) is 4.53. The number of fused-ring (bicyclic) bond motifs is 1. The summed E-state index contributed by atoms with van der Waals surface area (Å²) in [5, 5.41) is 5.32. The number of alkyl halides is 3. The predicted octanol–water partition coefficient (Wildman–Crippen LogP) is 4.95. The minimum Gasteiger partial charge on any atom is -0.406 e. The number of nitrogens with two attached hydrogens (primary N) is 1. The van der Waals surface area contributed by atoms with Gasteiger partial charge in [0.15, 0.2) is 0 Å². The van der Waals surface area contributed by atoms with Crippen LogP contribution in [0.3, 0.4) is 0 Å². The molecule has 6 nitrogen and oxygen atoms in total. The van der Waals surface area contributed by atoms with Crippen LogP contribution in [0.4, 0.5) is 13.2 Å². The highest BCUT2D eigenvalue weighted by Crippen LogP contribution is 2.29. The van der Waals surface area contributed by atoms with Crippen molar-refractivity contribution in [3.63, 3.8) is 0 Å². The molecule has 0 radical (unpaired) electrons. The molecule has 0 aliphatic rings. The zero-order chi connectivity index (χ0) is 22.9. The van der Waals surface area contributed by atoms with Crippen molar-refractivity contribution in [3.05, 3.63) is 78.1 Å². The number of hydrogen-bond acceptors (Lipinski definition) is 4. The summed E-state index contributed by atoms with van der Waals surface area (Å²) >= 11 is 0. The van der Waals surface area contributed by atoms with E-state index in [0.29, 0.717) is 33.5 Å². The standard InChI is InChI=1S/C22H16F3N3O3S/c23-22(24,25)31-16-5-3-4-14(12-16)8-11-21-27-18-10-9-15(13-19(18)28-21)17-6-1-2-7-20(17)32(26,29)30/h1-13H,(H,27,28)(H2,26,29,30)/b11-8+. The quantitative estimate of drug-likeness (QED) is 0.441. The van der Waals surface area contributed by atoms with Gasteiger partial charge in [-0.2, -0.15) is 0 Å². The van der Waals surface area contributed by atoms with E-state index in [0.717, 1.165) is 0 Å². The number of aromatic nitrogens is 2. The van der Waals surface area contributed by atoms with E-state index < -0.39 is 16.4 Å². The summed E-state index contributed by atoms with van der Waals surface area (Å²) in [6.07, 6.45) is -1.55. The topological polar surface area (TPSA) is 98.1 Å². The molecule has 4 aromatic rings. The third kappa shape index (κ3) is 4.98. The number of rotatable bonds is 5. The summed E-state index contributed by atoms with van der Waals surface area (Å²) in [6, 6.07) is 17.2. The molecule has 0 saturated heterocycles. The molecule has 0 aliphatic heterocycles. The summed E-state index contributed by atoms with van der Waals surface area (Å²) in [7, 11) is -3.90. The molecule has 0 bridgehead atoms. The fourth-order valence-corrected chi connectivity index (χ4v) is 3.98. The number of imidazole rings is 1. The van der Waals surface area contributed by atoms with E-state index in [1.54, 1.807) is 54.6 Å². The third-order valence-corrected chi connectivity index (χ3v) is 5.50. The van der Waals surface area contributed by atoms with Gasteiger partial charge in [0.05, 0.1) is 15.9 Å². The Bertz CT molecular complexity index is 1430. The number of benzene rings is 3. The van der Waals surface area contributed by atoms with E-state index in [2.05, 4.69) is 14.7 Å². The van der Waals surface area contributed by atoms with E-state index in [1.807, 2.05) is 0 Å². The van der Waals surface area contributed by atoms with Gasteiger partial charge in [-0.1, -0.05) is 42.5 Å². The second kappa shape index (κ2) is 8.13. The van der Waals surface area contributed by atoms with Crippen LogP contribution in [-0.4, -0.2) is 24.7 Å². The summed E-state index contributed by atoms with van der Waals surface area (Å²) < 4.78 is 64.9. The molecule has 0 saturated carbocycles. The van der Waals surface area contributed by atoms with Gasteiger partial charge in [-0.15, -0.1) is 13.2 Å². The van der Waals surface area contributed by atoms with E-state index in [9.17, 15) is 21.6 Å². The van der Waals surface area contributed by atoms with Crippen molar-refractivity contribution in [3.8, 4) is 16.9 Å². The number of nitrogens with zero attached hydrogens (tertiary/aromatic N) is 1. The van der Waals surface area contributed by atoms with Gasteiger partial charge in [0.25, 0.3) is 0 Å². The Labute approximate surface area is 181 Å². The Hall–Kier alpha value is -3.63. The Kier molecular flexibility index (Phi) is 5.49. The van der Waals surface area contributed by atoms with Crippen molar-refractivity contribution in [1.82, 2.24) is 9.97 Å². The number of primary sulfonamides is 1. The smallest absolute Gasteiger partial charge is 0.406 e. The van der Waals surface area contributed by atoms with Gasteiger partial charge in [0, 0.05) is 5.56 Å². The number of H-pyrrole nitrogens is 1. The van der Waals surface area contributed by atoms with Crippen LogP contribution in [0.2, 0.25) is 0 Å². The lowest BCUT2D eigenvalue weighted by molar-refractivity contribution is -0.274. The molecule has 3 aromatic carbocycles. The first-order valence-electron chi connectivity index (χ1n) is 9.24. The molecule has 0 amide bonds. The summed E-state index contributed by atoms with van der Waals surface area (Å²) in [5.74, 6) is 0.154. The Morgan fingerprint density at radius 2 is 1.75 bits per heavy atom. The number of aromatic amines is 1. The van der Waals surface area contributed by atoms with E-state index in [-0.39, 0.29) is 10.6 Å². The van der Waals surface area contributed by atoms with E-state index >= 15 is 0 Å². The van der Waals surface area contributed by atoms with Crippen LogP contribution < -0.4 is 9.88 Å². The summed E-state index contributed by atoms with van der Waals surface area (Å²) in [6.45, 7) is 0. The van der Waals surface area contributed by atoms with Gasteiger partial charge in [-0.3, -0.25) is 0 Å². The van der Waals surface area contributed by atoms with E-state index in [1.165, 1.54) is 24.3 Å². The lowest BCUT2D eigenvalue weighted by atomic mass is 10.1. The first kappa shape index (κ1) is 21.6. The molecule has 0 atom stereocenters. The number of hydrogen-bond donors (Lipinski definition) is 2. The number of sulfonamides is 1. The van der Waals surface area contributed by atoms with Crippen molar-refractivity contribution < 1.29 is 26.3 Å². The highest BCUT2D eigenvalue weighted by molar-refractivity contribution is 7.89. The molecule has 4 rings (SSSR count). The average molecular weight is 459 g/mol. The van der Waals surface area contributed by atoms with Crippen LogP contribution >= 0.6 is 0 Å².